The Hall–Kier alpha value is -0.540. The Morgan fingerprint density at radius 2 is 1.94 bits per heavy atom. The van der Waals surface area contributed by atoms with Gasteiger partial charge in [0.1, 0.15) is 5.75 Å². The highest BCUT2D eigenvalue weighted by Crippen LogP contribution is 2.26. The highest BCUT2D eigenvalue weighted by molar-refractivity contribution is 9.10. The monoisotopic (exact) mass is 297 g/mol. The molecule has 0 amide bonds. The number of piperidine rings is 1. The number of hydrogen-bond acceptors (Lipinski definition) is 2. The summed E-state index contributed by atoms with van der Waals surface area (Å²) in [4.78, 5) is 2.48. The molecule has 94 valence electrons. The van der Waals surface area contributed by atoms with Gasteiger partial charge in [0, 0.05) is 24.1 Å². The van der Waals surface area contributed by atoms with E-state index in [0.29, 0.717) is 5.75 Å². The molecule has 0 aromatic heterocycles. The second-order valence-electron chi connectivity index (χ2n) is 5.42. The summed E-state index contributed by atoms with van der Waals surface area (Å²) in [5.41, 5.74) is 1.17. The molecule has 0 aliphatic carbocycles. The normalized spacial score (nSPS) is 26.1. The molecule has 2 rings (SSSR count). The van der Waals surface area contributed by atoms with Crippen molar-refractivity contribution in [1.82, 2.24) is 4.90 Å². The molecular formula is C14H20BrNO. The lowest BCUT2D eigenvalue weighted by Gasteiger charge is -2.35. The van der Waals surface area contributed by atoms with E-state index in [1.54, 1.807) is 6.07 Å². The van der Waals surface area contributed by atoms with Gasteiger partial charge < -0.3 is 5.11 Å². The van der Waals surface area contributed by atoms with Gasteiger partial charge in [0.05, 0.1) is 0 Å². The number of benzene rings is 1. The number of likely N-dealkylation sites (tertiary alicyclic amines) is 1. The molecule has 1 fully saturated rings. The molecule has 1 saturated heterocycles. The molecule has 0 radical (unpaired) electrons. The van der Waals surface area contributed by atoms with Crippen LogP contribution in [0, 0.1) is 11.8 Å². The van der Waals surface area contributed by atoms with Gasteiger partial charge in [-0.1, -0.05) is 29.8 Å². The third-order valence-corrected chi connectivity index (χ3v) is 4.14. The molecule has 17 heavy (non-hydrogen) atoms. The van der Waals surface area contributed by atoms with Crippen LogP contribution in [0.3, 0.4) is 0 Å². The summed E-state index contributed by atoms with van der Waals surface area (Å²) < 4.78 is 1.08. The van der Waals surface area contributed by atoms with E-state index < -0.39 is 0 Å². The van der Waals surface area contributed by atoms with Crippen molar-refractivity contribution in [1.29, 1.82) is 0 Å². The average Bonchev–Trinajstić information content (AvgIpc) is 2.22. The summed E-state index contributed by atoms with van der Waals surface area (Å²) in [6.07, 6.45) is 1.33. The van der Waals surface area contributed by atoms with Crippen molar-refractivity contribution >= 4 is 15.9 Å². The number of phenols is 1. The Morgan fingerprint density at radius 3 is 2.59 bits per heavy atom. The van der Waals surface area contributed by atoms with Crippen molar-refractivity contribution < 1.29 is 5.11 Å². The van der Waals surface area contributed by atoms with Crippen LogP contribution in [-0.2, 0) is 6.54 Å². The van der Waals surface area contributed by atoms with Crippen molar-refractivity contribution in [2.24, 2.45) is 11.8 Å². The number of nitrogens with zero attached hydrogens (tertiary/aromatic N) is 1. The molecule has 1 N–H and O–H groups in total. The fourth-order valence-corrected chi connectivity index (χ4v) is 3.22. The third kappa shape index (κ3) is 3.46. The molecule has 0 saturated carbocycles. The third-order valence-electron chi connectivity index (χ3n) is 3.37. The molecule has 1 aliphatic heterocycles. The molecule has 1 aliphatic rings. The predicted molar refractivity (Wildman–Crippen MR) is 74.0 cm³/mol. The van der Waals surface area contributed by atoms with Crippen molar-refractivity contribution in [3.8, 4) is 5.75 Å². The standard InChI is InChI=1S/C14H20BrNO/c1-10-5-11(2)8-16(7-10)9-12-6-13(17)3-4-14(12)15/h3-4,6,10-11,17H,5,7-9H2,1-2H3. The molecule has 1 aromatic carbocycles. The maximum absolute atomic E-state index is 9.53. The Bertz CT molecular complexity index is 384. The number of hydrogen-bond donors (Lipinski definition) is 1. The van der Waals surface area contributed by atoms with Gasteiger partial charge in [-0.25, -0.2) is 0 Å². The molecular weight excluding hydrogens is 278 g/mol. The molecule has 3 heteroatoms. The zero-order chi connectivity index (χ0) is 12.4. The zero-order valence-corrected chi connectivity index (χ0v) is 12.1. The Balaban J connectivity index is 2.07. The van der Waals surface area contributed by atoms with E-state index in [2.05, 4.69) is 34.7 Å². The summed E-state index contributed by atoms with van der Waals surface area (Å²) in [7, 11) is 0. The van der Waals surface area contributed by atoms with Crippen molar-refractivity contribution in [2.45, 2.75) is 26.8 Å². The zero-order valence-electron chi connectivity index (χ0n) is 10.5. The average molecular weight is 298 g/mol. The minimum atomic E-state index is 0.348. The van der Waals surface area contributed by atoms with E-state index in [4.69, 9.17) is 0 Å². The van der Waals surface area contributed by atoms with Crippen molar-refractivity contribution in [3.05, 3.63) is 28.2 Å². The maximum atomic E-state index is 9.53. The van der Waals surface area contributed by atoms with E-state index in [1.807, 2.05) is 12.1 Å². The minimum absolute atomic E-state index is 0.348. The Labute approximate surface area is 112 Å². The van der Waals surface area contributed by atoms with E-state index in [1.165, 1.54) is 12.0 Å². The van der Waals surface area contributed by atoms with Gasteiger partial charge in [0.15, 0.2) is 0 Å². The lowest BCUT2D eigenvalue weighted by atomic mass is 9.91. The molecule has 1 aromatic rings. The largest absolute Gasteiger partial charge is 0.508 e. The highest BCUT2D eigenvalue weighted by Gasteiger charge is 2.22. The van der Waals surface area contributed by atoms with Crippen LogP contribution < -0.4 is 0 Å². The van der Waals surface area contributed by atoms with E-state index in [0.717, 1.165) is 35.9 Å². The van der Waals surface area contributed by atoms with Gasteiger partial charge in [-0.3, -0.25) is 4.90 Å². The van der Waals surface area contributed by atoms with E-state index >= 15 is 0 Å². The number of rotatable bonds is 2. The predicted octanol–water partition coefficient (Wildman–Crippen LogP) is 3.63. The summed E-state index contributed by atoms with van der Waals surface area (Å²) >= 11 is 3.55. The number of halogens is 1. The van der Waals surface area contributed by atoms with Crippen LogP contribution in [0.4, 0.5) is 0 Å². The molecule has 0 spiro atoms. The van der Waals surface area contributed by atoms with Gasteiger partial charge in [0.2, 0.25) is 0 Å². The summed E-state index contributed by atoms with van der Waals surface area (Å²) in [5.74, 6) is 1.89. The van der Waals surface area contributed by atoms with Gasteiger partial charge in [0.25, 0.3) is 0 Å². The van der Waals surface area contributed by atoms with Crippen LogP contribution in [0.15, 0.2) is 22.7 Å². The van der Waals surface area contributed by atoms with Gasteiger partial charge >= 0.3 is 0 Å². The summed E-state index contributed by atoms with van der Waals surface area (Å²) in [6, 6.07) is 5.49. The molecule has 2 unspecified atom stereocenters. The first-order chi connectivity index (χ1) is 8.04. The summed E-state index contributed by atoms with van der Waals surface area (Å²) in [5, 5.41) is 9.53. The fraction of sp³-hybridized carbons (Fsp3) is 0.571. The quantitative estimate of drug-likeness (QED) is 0.901. The number of phenolic OH excluding ortho intramolecular Hbond substituents is 1. The molecule has 1 heterocycles. The van der Waals surface area contributed by atoms with E-state index in [9.17, 15) is 5.11 Å². The molecule has 2 nitrogen and oxygen atoms in total. The lowest BCUT2D eigenvalue weighted by molar-refractivity contribution is 0.134. The lowest BCUT2D eigenvalue weighted by Crippen LogP contribution is -2.38. The molecule has 0 bridgehead atoms. The van der Waals surface area contributed by atoms with E-state index in [-0.39, 0.29) is 0 Å². The van der Waals surface area contributed by atoms with Crippen LogP contribution in [0.2, 0.25) is 0 Å². The summed E-state index contributed by atoms with van der Waals surface area (Å²) in [6.45, 7) is 7.88. The topological polar surface area (TPSA) is 23.5 Å². The van der Waals surface area contributed by atoms with Crippen LogP contribution in [0.5, 0.6) is 5.75 Å². The number of aromatic hydroxyl groups is 1. The van der Waals surface area contributed by atoms with Crippen LogP contribution in [-0.4, -0.2) is 23.1 Å². The second-order valence-corrected chi connectivity index (χ2v) is 6.27. The van der Waals surface area contributed by atoms with Crippen molar-refractivity contribution in [2.75, 3.05) is 13.1 Å². The second kappa shape index (κ2) is 5.40. The fourth-order valence-electron chi connectivity index (χ4n) is 2.84. The van der Waals surface area contributed by atoms with Gasteiger partial charge in [-0.2, -0.15) is 0 Å². The van der Waals surface area contributed by atoms with Crippen LogP contribution >= 0.6 is 15.9 Å². The first kappa shape index (κ1) is 12.9. The van der Waals surface area contributed by atoms with Crippen LogP contribution in [0.25, 0.3) is 0 Å². The highest BCUT2D eigenvalue weighted by atomic mass is 79.9. The smallest absolute Gasteiger partial charge is 0.115 e. The van der Waals surface area contributed by atoms with Crippen LogP contribution in [0.1, 0.15) is 25.8 Å². The van der Waals surface area contributed by atoms with Crippen molar-refractivity contribution in [3.63, 3.8) is 0 Å². The maximum Gasteiger partial charge on any atom is 0.115 e. The SMILES string of the molecule is CC1CC(C)CN(Cc2cc(O)ccc2Br)C1. The Kier molecular flexibility index (Phi) is 4.10. The first-order valence-corrected chi connectivity index (χ1v) is 7.03. The van der Waals surface area contributed by atoms with Gasteiger partial charge in [-0.15, -0.1) is 0 Å². The first-order valence-electron chi connectivity index (χ1n) is 6.24. The minimum Gasteiger partial charge on any atom is -0.508 e. The van der Waals surface area contributed by atoms with Gasteiger partial charge in [-0.05, 0) is 42.0 Å². The molecule has 2 atom stereocenters. The Morgan fingerprint density at radius 1 is 1.29 bits per heavy atom.